The van der Waals surface area contributed by atoms with Crippen molar-refractivity contribution in [1.29, 1.82) is 0 Å². The summed E-state index contributed by atoms with van der Waals surface area (Å²) in [7, 11) is 0. The predicted molar refractivity (Wildman–Crippen MR) is 95.0 cm³/mol. The van der Waals surface area contributed by atoms with Gasteiger partial charge in [0.15, 0.2) is 0 Å². The number of carbonyl (C=O) groups is 1. The second-order valence-electron chi connectivity index (χ2n) is 6.15. The van der Waals surface area contributed by atoms with Gasteiger partial charge in [-0.3, -0.25) is 4.79 Å². The predicted octanol–water partition coefficient (Wildman–Crippen LogP) is 2.65. The Morgan fingerprint density at radius 1 is 1.08 bits per heavy atom. The zero-order valence-corrected chi connectivity index (χ0v) is 14.0. The minimum Gasteiger partial charge on any atom is -0.371 e. The molecule has 0 spiro atoms. The molecular formula is C18H17FN6O. The Morgan fingerprint density at radius 3 is 2.69 bits per heavy atom. The number of rotatable bonds is 4. The van der Waals surface area contributed by atoms with Crippen LogP contribution >= 0.6 is 0 Å². The van der Waals surface area contributed by atoms with Crippen LogP contribution < -0.4 is 10.2 Å². The Hall–Kier alpha value is -3.29. The van der Waals surface area contributed by atoms with Gasteiger partial charge < -0.3 is 10.2 Å². The van der Waals surface area contributed by atoms with Crippen LogP contribution in [0.15, 0.2) is 48.8 Å². The van der Waals surface area contributed by atoms with E-state index in [2.05, 4.69) is 25.7 Å². The highest BCUT2D eigenvalue weighted by Crippen LogP contribution is 2.25. The third-order valence-corrected chi connectivity index (χ3v) is 4.33. The summed E-state index contributed by atoms with van der Waals surface area (Å²) in [6.07, 6.45) is 3.65. The van der Waals surface area contributed by atoms with E-state index < -0.39 is 0 Å². The van der Waals surface area contributed by atoms with Crippen molar-refractivity contribution in [2.75, 3.05) is 23.3 Å². The van der Waals surface area contributed by atoms with Crippen LogP contribution in [0, 0.1) is 5.82 Å². The maximum absolute atomic E-state index is 14.0. The molecule has 1 aliphatic rings. The number of carbonyl (C=O) groups excluding carboxylic acids is 1. The molecule has 4 rings (SSSR count). The molecule has 132 valence electrons. The summed E-state index contributed by atoms with van der Waals surface area (Å²) in [5.41, 5.74) is 2.33. The average Bonchev–Trinajstić information content (AvgIpc) is 3.35. The van der Waals surface area contributed by atoms with Crippen molar-refractivity contribution in [3.05, 3.63) is 60.2 Å². The zero-order valence-electron chi connectivity index (χ0n) is 14.0. The van der Waals surface area contributed by atoms with Crippen LogP contribution in [0.3, 0.4) is 0 Å². The van der Waals surface area contributed by atoms with Gasteiger partial charge in [0.2, 0.25) is 0 Å². The lowest BCUT2D eigenvalue weighted by atomic mass is 10.1. The summed E-state index contributed by atoms with van der Waals surface area (Å²) >= 11 is 0. The van der Waals surface area contributed by atoms with E-state index in [1.165, 1.54) is 23.1 Å². The number of hydrogen-bond donors (Lipinski definition) is 1. The number of nitrogens with zero attached hydrogens (tertiary/aromatic N) is 5. The van der Waals surface area contributed by atoms with Crippen LogP contribution in [-0.2, 0) is 0 Å². The molecule has 1 N–H and O–H groups in total. The van der Waals surface area contributed by atoms with Gasteiger partial charge in [0.25, 0.3) is 5.91 Å². The summed E-state index contributed by atoms with van der Waals surface area (Å²) in [6, 6.07) is 11.5. The van der Waals surface area contributed by atoms with E-state index >= 15 is 0 Å². The first kappa shape index (κ1) is 16.2. The summed E-state index contributed by atoms with van der Waals surface area (Å²) in [4.78, 5) is 14.7. The van der Waals surface area contributed by atoms with Gasteiger partial charge in [-0.1, -0.05) is 6.07 Å². The molecular weight excluding hydrogens is 335 g/mol. The van der Waals surface area contributed by atoms with E-state index in [1.807, 2.05) is 0 Å². The van der Waals surface area contributed by atoms with Gasteiger partial charge >= 0.3 is 0 Å². The lowest BCUT2D eigenvalue weighted by Crippen LogP contribution is -2.18. The molecule has 26 heavy (non-hydrogen) atoms. The van der Waals surface area contributed by atoms with E-state index in [-0.39, 0.29) is 11.7 Å². The normalized spacial score (nSPS) is 13.8. The maximum Gasteiger partial charge on any atom is 0.255 e. The Balaban J connectivity index is 1.56. The summed E-state index contributed by atoms with van der Waals surface area (Å²) < 4.78 is 15.4. The molecule has 0 unspecified atom stereocenters. The Morgan fingerprint density at radius 2 is 1.92 bits per heavy atom. The number of amides is 1. The van der Waals surface area contributed by atoms with Gasteiger partial charge in [-0.25, -0.2) is 9.07 Å². The van der Waals surface area contributed by atoms with Gasteiger partial charge in [-0.15, -0.1) is 5.10 Å². The highest BCUT2D eigenvalue weighted by molar-refractivity contribution is 6.04. The van der Waals surface area contributed by atoms with Gasteiger partial charge in [-0.2, -0.15) is 0 Å². The molecule has 0 atom stereocenters. The largest absolute Gasteiger partial charge is 0.371 e. The quantitative estimate of drug-likeness (QED) is 0.781. The smallest absolute Gasteiger partial charge is 0.255 e. The Bertz CT molecular complexity index is 921. The SMILES string of the molecule is O=C(Nc1cc(F)cc(N2CCCC2)c1)c1cccc(-n2cnnn2)c1. The zero-order chi connectivity index (χ0) is 17.9. The van der Waals surface area contributed by atoms with Crippen molar-refractivity contribution in [1.82, 2.24) is 20.2 Å². The minimum atomic E-state index is -0.368. The van der Waals surface area contributed by atoms with Gasteiger partial charge in [0.1, 0.15) is 12.1 Å². The fraction of sp³-hybridized carbons (Fsp3) is 0.222. The molecule has 2 heterocycles. The molecule has 1 fully saturated rings. The van der Waals surface area contributed by atoms with E-state index in [1.54, 1.807) is 30.3 Å². The highest BCUT2D eigenvalue weighted by atomic mass is 19.1. The molecule has 0 radical (unpaired) electrons. The van der Waals surface area contributed by atoms with Crippen LogP contribution in [0.2, 0.25) is 0 Å². The van der Waals surface area contributed by atoms with Gasteiger partial charge in [-0.05, 0) is 59.7 Å². The van der Waals surface area contributed by atoms with Crippen molar-refractivity contribution in [2.45, 2.75) is 12.8 Å². The Labute approximate surface area is 149 Å². The molecule has 7 nitrogen and oxygen atoms in total. The fourth-order valence-electron chi connectivity index (χ4n) is 3.08. The molecule has 2 aromatic carbocycles. The first-order chi connectivity index (χ1) is 12.7. The Kier molecular flexibility index (Phi) is 4.30. The lowest BCUT2D eigenvalue weighted by Gasteiger charge is -2.19. The topological polar surface area (TPSA) is 75.9 Å². The van der Waals surface area contributed by atoms with Crippen molar-refractivity contribution in [2.24, 2.45) is 0 Å². The van der Waals surface area contributed by atoms with Crippen molar-refractivity contribution in [3.8, 4) is 5.69 Å². The van der Waals surface area contributed by atoms with E-state index in [0.717, 1.165) is 31.6 Å². The van der Waals surface area contributed by atoms with Gasteiger partial charge in [0.05, 0.1) is 5.69 Å². The van der Waals surface area contributed by atoms with Crippen molar-refractivity contribution >= 4 is 17.3 Å². The molecule has 0 saturated carbocycles. The van der Waals surface area contributed by atoms with Crippen LogP contribution in [0.25, 0.3) is 5.69 Å². The van der Waals surface area contributed by atoms with Crippen LogP contribution in [-0.4, -0.2) is 39.2 Å². The van der Waals surface area contributed by atoms with Crippen molar-refractivity contribution in [3.63, 3.8) is 0 Å². The molecule has 1 saturated heterocycles. The molecule has 8 heteroatoms. The highest BCUT2D eigenvalue weighted by Gasteiger charge is 2.15. The molecule has 3 aromatic rings. The summed E-state index contributed by atoms with van der Waals surface area (Å²) in [5.74, 6) is -0.690. The molecule has 0 aliphatic carbocycles. The summed E-state index contributed by atoms with van der Waals surface area (Å²) in [6.45, 7) is 1.82. The third kappa shape index (κ3) is 3.39. The van der Waals surface area contributed by atoms with Crippen molar-refractivity contribution < 1.29 is 9.18 Å². The second-order valence-corrected chi connectivity index (χ2v) is 6.15. The first-order valence-electron chi connectivity index (χ1n) is 8.39. The van der Waals surface area contributed by atoms with E-state index in [9.17, 15) is 9.18 Å². The monoisotopic (exact) mass is 352 g/mol. The number of aromatic nitrogens is 4. The standard InChI is InChI=1S/C18H17FN6O/c19-14-9-15(11-17(10-14)24-6-1-2-7-24)21-18(26)13-4-3-5-16(8-13)25-12-20-22-23-25/h3-5,8-12H,1-2,6-7H2,(H,21,26). The van der Waals surface area contributed by atoms with Crippen LogP contribution in [0.5, 0.6) is 0 Å². The molecule has 1 aromatic heterocycles. The fourth-order valence-corrected chi connectivity index (χ4v) is 3.08. The maximum atomic E-state index is 14.0. The summed E-state index contributed by atoms with van der Waals surface area (Å²) in [5, 5.41) is 13.7. The second kappa shape index (κ2) is 6.91. The molecule has 1 amide bonds. The number of anilines is 2. The van der Waals surface area contributed by atoms with E-state index in [0.29, 0.717) is 16.9 Å². The number of halogens is 1. The number of benzene rings is 2. The van der Waals surface area contributed by atoms with Crippen LogP contribution in [0.1, 0.15) is 23.2 Å². The molecule has 0 bridgehead atoms. The first-order valence-corrected chi connectivity index (χ1v) is 8.39. The van der Waals surface area contributed by atoms with E-state index in [4.69, 9.17) is 0 Å². The lowest BCUT2D eigenvalue weighted by molar-refractivity contribution is 0.102. The van der Waals surface area contributed by atoms with Crippen LogP contribution in [0.4, 0.5) is 15.8 Å². The molecule has 1 aliphatic heterocycles. The number of nitrogens with one attached hydrogen (secondary N) is 1. The number of hydrogen-bond acceptors (Lipinski definition) is 5. The third-order valence-electron chi connectivity index (χ3n) is 4.33. The minimum absolute atomic E-state index is 0.321. The number of tetrazole rings is 1. The average molecular weight is 352 g/mol. The van der Waals surface area contributed by atoms with Gasteiger partial charge in [0, 0.05) is 30.0 Å².